The van der Waals surface area contributed by atoms with Crippen LogP contribution in [0.3, 0.4) is 0 Å². The van der Waals surface area contributed by atoms with Crippen molar-refractivity contribution in [2.75, 3.05) is 33.3 Å². The highest BCUT2D eigenvalue weighted by Gasteiger charge is 2.28. The van der Waals surface area contributed by atoms with Crippen LogP contribution in [0.25, 0.3) is 0 Å². The molecule has 0 spiro atoms. The molecule has 1 saturated carbocycles. The van der Waals surface area contributed by atoms with Gasteiger partial charge in [0.1, 0.15) is 0 Å². The van der Waals surface area contributed by atoms with Crippen LogP contribution in [-0.2, 0) is 4.74 Å². The van der Waals surface area contributed by atoms with Crippen LogP contribution in [0.1, 0.15) is 51.5 Å². The first-order valence-electron chi connectivity index (χ1n) is 9.82. The molecule has 1 aliphatic carbocycles. The van der Waals surface area contributed by atoms with Gasteiger partial charge in [0.05, 0.1) is 25.1 Å². The molecule has 26 heavy (non-hydrogen) atoms. The van der Waals surface area contributed by atoms with E-state index in [2.05, 4.69) is 37.9 Å². The minimum absolute atomic E-state index is 0. The minimum Gasteiger partial charge on any atom is -0.376 e. The van der Waals surface area contributed by atoms with Crippen molar-refractivity contribution in [1.82, 2.24) is 19.8 Å². The third kappa shape index (κ3) is 5.84. The lowest BCUT2D eigenvalue weighted by molar-refractivity contribution is 0.0314. The number of nitrogens with one attached hydrogen (secondary N) is 1. The normalized spacial score (nSPS) is 25.0. The second kappa shape index (κ2) is 11.1. The molecule has 6 nitrogen and oxygen atoms in total. The fraction of sp³-hybridized carbons (Fsp3) is 0.789. The van der Waals surface area contributed by atoms with E-state index in [4.69, 9.17) is 4.74 Å². The number of nitrogens with zero attached hydrogens (tertiary/aromatic N) is 4. The van der Waals surface area contributed by atoms with E-state index in [-0.39, 0.29) is 24.0 Å². The van der Waals surface area contributed by atoms with Crippen LogP contribution < -0.4 is 5.32 Å². The summed E-state index contributed by atoms with van der Waals surface area (Å²) in [4.78, 5) is 11.1. The van der Waals surface area contributed by atoms with Gasteiger partial charge in [-0.3, -0.25) is 4.99 Å². The van der Waals surface area contributed by atoms with Gasteiger partial charge in [-0.25, -0.2) is 4.98 Å². The van der Waals surface area contributed by atoms with Crippen molar-refractivity contribution >= 4 is 29.9 Å². The third-order valence-electron chi connectivity index (χ3n) is 5.63. The number of ether oxygens (including phenoxy) is 1. The lowest BCUT2D eigenvalue weighted by atomic mass is 9.93. The molecular formula is C19H34IN5O. The summed E-state index contributed by atoms with van der Waals surface area (Å²) in [6.07, 6.45) is 14.0. The molecule has 7 heteroatoms. The van der Waals surface area contributed by atoms with Crippen LogP contribution >= 0.6 is 24.0 Å². The molecule has 1 aliphatic heterocycles. The molecule has 3 rings (SSSR count). The van der Waals surface area contributed by atoms with Crippen molar-refractivity contribution in [2.24, 2.45) is 10.9 Å². The third-order valence-corrected chi connectivity index (χ3v) is 5.63. The summed E-state index contributed by atoms with van der Waals surface area (Å²) in [5.41, 5.74) is 0. The Kier molecular flexibility index (Phi) is 9.18. The molecule has 1 N–H and O–H groups in total. The maximum atomic E-state index is 6.01. The molecule has 2 atom stereocenters. The molecular weight excluding hydrogens is 441 g/mol. The van der Waals surface area contributed by atoms with Gasteiger partial charge in [0.15, 0.2) is 5.96 Å². The number of rotatable bonds is 5. The number of hydrogen-bond donors (Lipinski definition) is 1. The van der Waals surface area contributed by atoms with Crippen molar-refractivity contribution in [1.29, 1.82) is 0 Å². The molecule has 148 valence electrons. The molecule has 1 aromatic rings. The number of halogens is 1. The molecule has 2 aliphatic rings. The largest absolute Gasteiger partial charge is 0.376 e. The zero-order chi connectivity index (χ0) is 17.5. The molecule has 0 amide bonds. The van der Waals surface area contributed by atoms with E-state index in [0.29, 0.717) is 18.1 Å². The SMILES string of the molecule is CN=C(NCCOC1CCCCC1)N1CCC(C)C(n2ccnc2)C1.I. The first kappa shape index (κ1) is 21.5. The van der Waals surface area contributed by atoms with Crippen LogP contribution in [0.5, 0.6) is 0 Å². The van der Waals surface area contributed by atoms with Gasteiger partial charge in [-0.15, -0.1) is 24.0 Å². The van der Waals surface area contributed by atoms with Crippen molar-refractivity contribution in [3.8, 4) is 0 Å². The topological polar surface area (TPSA) is 54.7 Å². The summed E-state index contributed by atoms with van der Waals surface area (Å²) < 4.78 is 8.25. The molecule has 0 aromatic carbocycles. The van der Waals surface area contributed by atoms with Crippen LogP contribution in [0.2, 0.25) is 0 Å². The van der Waals surface area contributed by atoms with E-state index in [9.17, 15) is 0 Å². The molecule has 1 aromatic heterocycles. The summed E-state index contributed by atoms with van der Waals surface area (Å²) in [5, 5.41) is 3.49. The Labute approximate surface area is 174 Å². The van der Waals surface area contributed by atoms with Crippen LogP contribution in [-0.4, -0.2) is 59.8 Å². The lowest BCUT2D eigenvalue weighted by Gasteiger charge is -2.39. The van der Waals surface area contributed by atoms with Crippen LogP contribution in [0, 0.1) is 5.92 Å². The molecule has 0 bridgehead atoms. The van der Waals surface area contributed by atoms with Gasteiger partial charge in [0, 0.05) is 39.1 Å². The van der Waals surface area contributed by atoms with Gasteiger partial charge >= 0.3 is 0 Å². The Bertz CT molecular complexity index is 530. The predicted molar refractivity (Wildman–Crippen MR) is 116 cm³/mol. The maximum Gasteiger partial charge on any atom is 0.193 e. The van der Waals surface area contributed by atoms with E-state index < -0.39 is 0 Å². The van der Waals surface area contributed by atoms with Crippen LogP contribution in [0.15, 0.2) is 23.7 Å². The van der Waals surface area contributed by atoms with E-state index in [1.165, 1.54) is 38.5 Å². The lowest BCUT2D eigenvalue weighted by Crippen LogP contribution is -2.49. The second-order valence-electron chi connectivity index (χ2n) is 7.39. The molecule has 1 saturated heterocycles. The van der Waals surface area contributed by atoms with Gasteiger partial charge in [-0.05, 0) is 25.2 Å². The zero-order valence-electron chi connectivity index (χ0n) is 16.1. The number of piperidine rings is 1. The standard InChI is InChI=1S/C19H33N5O.HI/c1-16-8-11-23(14-18(16)24-12-9-21-15-24)19(20-2)22-10-13-25-17-6-4-3-5-7-17;/h9,12,15-18H,3-8,10-11,13-14H2,1-2H3,(H,20,22);1H. The fourth-order valence-corrected chi connectivity index (χ4v) is 4.05. The number of imidazole rings is 1. The van der Waals surface area contributed by atoms with Gasteiger partial charge < -0.3 is 19.5 Å². The van der Waals surface area contributed by atoms with Crippen LogP contribution in [0.4, 0.5) is 0 Å². The molecule has 0 radical (unpaired) electrons. The minimum atomic E-state index is 0. The highest BCUT2D eigenvalue weighted by Crippen LogP contribution is 2.27. The van der Waals surface area contributed by atoms with Gasteiger partial charge in [0.25, 0.3) is 0 Å². The van der Waals surface area contributed by atoms with Crippen molar-refractivity contribution in [2.45, 2.75) is 57.6 Å². The van der Waals surface area contributed by atoms with E-state index in [1.807, 2.05) is 19.6 Å². The number of hydrogen-bond acceptors (Lipinski definition) is 3. The van der Waals surface area contributed by atoms with Gasteiger partial charge in [0.2, 0.25) is 0 Å². The van der Waals surface area contributed by atoms with Gasteiger partial charge in [-0.2, -0.15) is 0 Å². The number of likely N-dealkylation sites (tertiary alicyclic amines) is 1. The molecule has 2 unspecified atom stereocenters. The summed E-state index contributed by atoms with van der Waals surface area (Å²) >= 11 is 0. The Morgan fingerprint density at radius 2 is 2.08 bits per heavy atom. The Balaban J connectivity index is 0.00000243. The average Bonchev–Trinajstić information content (AvgIpc) is 3.18. The Morgan fingerprint density at radius 1 is 1.27 bits per heavy atom. The van der Waals surface area contributed by atoms with E-state index in [0.717, 1.165) is 32.2 Å². The highest BCUT2D eigenvalue weighted by molar-refractivity contribution is 14.0. The smallest absolute Gasteiger partial charge is 0.193 e. The second-order valence-corrected chi connectivity index (χ2v) is 7.39. The van der Waals surface area contributed by atoms with Crippen molar-refractivity contribution in [3.05, 3.63) is 18.7 Å². The summed E-state index contributed by atoms with van der Waals surface area (Å²) in [6.45, 7) is 5.94. The van der Waals surface area contributed by atoms with E-state index >= 15 is 0 Å². The number of aromatic nitrogens is 2. The number of guanidine groups is 1. The molecule has 2 heterocycles. The maximum absolute atomic E-state index is 6.01. The monoisotopic (exact) mass is 475 g/mol. The molecule has 2 fully saturated rings. The quantitative estimate of drug-likeness (QED) is 0.307. The highest BCUT2D eigenvalue weighted by atomic mass is 127. The Morgan fingerprint density at radius 3 is 2.77 bits per heavy atom. The van der Waals surface area contributed by atoms with Crippen molar-refractivity contribution in [3.63, 3.8) is 0 Å². The first-order chi connectivity index (χ1) is 12.3. The summed E-state index contributed by atoms with van der Waals surface area (Å²) in [6, 6.07) is 0.452. The van der Waals surface area contributed by atoms with Crippen molar-refractivity contribution < 1.29 is 4.74 Å². The fourth-order valence-electron chi connectivity index (χ4n) is 4.05. The first-order valence-corrected chi connectivity index (χ1v) is 9.82. The average molecular weight is 475 g/mol. The predicted octanol–water partition coefficient (Wildman–Crippen LogP) is 3.31. The summed E-state index contributed by atoms with van der Waals surface area (Å²) in [5.74, 6) is 1.64. The van der Waals surface area contributed by atoms with E-state index in [1.54, 1.807) is 0 Å². The number of aliphatic imine (C=N–C) groups is 1. The van der Waals surface area contributed by atoms with Gasteiger partial charge in [-0.1, -0.05) is 26.2 Å². The zero-order valence-corrected chi connectivity index (χ0v) is 18.5. The Hall–Kier alpha value is -0.830. The summed E-state index contributed by atoms with van der Waals surface area (Å²) in [7, 11) is 1.87.